The number of carbonyl (C=O) groups excluding carboxylic acids is 1. The van der Waals surface area contributed by atoms with E-state index in [0.29, 0.717) is 11.3 Å². The van der Waals surface area contributed by atoms with Crippen molar-refractivity contribution in [1.29, 1.82) is 0 Å². The molecule has 0 bridgehead atoms. The van der Waals surface area contributed by atoms with Crippen LogP contribution in [0.25, 0.3) is 0 Å². The van der Waals surface area contributed by atoms with Gasteiger partial charge in [0.25, 0.3) is 5.91 Å². The molecule has 3 rings (SSSR count). The van der Waals surface area contributed by atoms with Gasteiger partial charge in [-0.05, 0) is 44.4 Å². The summed E-state index contributed by atoms with van der Waals surface area (Å²) in [5.41, 5.74) is 11.2. The number of anilines is 2. The maximum Gasteiger partial charge on any atom is 0.261 e. The van der Waals surface area contributed by atoms with E-state index in [-0.39, 0.29) is 5.91 Å². The zero-order valence-electron chi connectivity index (χ0n) is 12.4. The van der Waals surface area contributed by atoms with E-state index >= 15 is 0 Å². The third kappa shape index (κ3) is 2.49. The average molecular weight is 281 g/mol. The van der Waals surface area contributed by atoms with Crippen LogP contribution >= 0.6 is 0 Å². The molecule has 2 heterocycles. The van der Waals surface area contributed by atoms with E-state index in [4.69, 9.17) is 5.73 Å². The van der Waals surface area contributed by atoms with Gasteiger partial charge >= 0.3 is 0 Å². The summed E-state index contributed by atoms with van der Waals surface area (Å²) >= 11 is 0. The molecule has 0 aliphatic carbocycles. The van der Waals surface area contributed by atoms with Crippen molar-refractivity contribution in [3.8, 4) is 0 Å². The number of aryl methyl sites for hydroxylation is 3. The van der Waals surface area contributed by atoms with Crippen LogP contribution in [-0.2, 0) is 6.42 Å². The van der Waals surface area contributed by atoms with Crippen LogP contribution in [0.3, 0.4) is 0 Å². The first-order valence-corrected chi connectivity index (χ1v) is 7.20. The first kappa shape index (κ1) is 13.6. The van der Waals surface area contributed by atoms with Gasteiger partial charge in [-0.2, -0.15) is 0 Å². The van der Waals surface area contributed by atoms with Crippen LogP contribution in [0.5, 0.6) is 0 Å². The second-order valence-electron chi connectivity index (χ2n) is 5.61. The Labute approximate surface area is 124 Å². The van der Waals surface area contributed by atoms with Crippen LogP contribution in [0.2, 0.25) is 0 Å². The highest BCUT2D eigenvalue weighted by molar-refractivity contribution is 6.09. The minimum absolute atomic E-state index is 0.0650. The van der Waals surface area contributed by atoms with E-state index in [1.54, 1.807) is 12.3 Å². The zero-order chi connectivity index (χ0) is 15.0. The lowest BCUT2D eigenvalue weighted by Gasteiger charge is -2.30. The minimum Gasteiger partial charge on any atom is -0.398 e. The molecule has 1 aromatic heterocycles. The van der Waals surface area contributed by atoms with Crippen LogP contribution in [0, 0.1) is 13.8 Å². The number of nitrogen functional groups attached to an aromatic ring is 1. The molecule has 0 saturated heterocycles. The second-order valence-corrected chi connectivity index (χ2v) is 5.61. The molecule has 1 aromatic carbocycles. The molecule has 2 aromatic rings. The Morgan fingerprint density at radius 3 is 2.86 bits per heavy atom. The van der Waals surface area contributed by atoms with Gasteiger partial charge in [-0.1, -0.05) is 17.7 Å². The summed E-state index contributed by atoms with van der Waals surface area (Å²) in [6.45, 7) is 4.66. The Morgan fingerprint density at radius 1 is 1.29 bits per heavy atom. The Balaban J connectivity index is 2.00. The van der Waals surface area contributed by atoms with E-state index < -0.39 is 0 Å². The summed E-state index contributed by atoms with van der Waals surface area (Å²) in [6.07, 6.45) is 3.57. The monoisotopic (exact) mass is 281 g/mol. The van der Waals surface area contributed by atoms with Crippen molar-refractivity contribution in [2.24, 2.45) is 0 Å². The molecule has 0 radical (unpaired) electrons. The molecule has 0 atom stereocenters. The van der Waals surface area contributed by atoms with Crippen LogP contribution < -0.4 is 10.6 Å². The number of fused-ring (bicyclic) bond motifs is 1. The zero-order valence-corrected chi connectivity index (χ0v) is 12.4. The fraction of sp³-hybridized carbons (Fsp3) is 0.294. The van der Waals surface area contributed by atoms with Gasteiger partial charge in [0.2, 0.25) is 0 Å². The van der Waals surface area contributed by atoms with Crippen molar-refractivity contribution in [3.05, 3.63) is 52.8 Å². The Morgan fingerprint density at radius 2 is 2.10 bits per heavy atom. The SMILES string of the molecule is Cc1ccc2c(c1)CCCN2C(=O)c1cnc(C)cc1N. The normalized spacial score (nSPS) is 13.9. The Bertz CT molecular complexity index is 709. The third-order valence-electron chi connectivity index (χ3n) is 3.90. The van der Waals surface area contributed by atoms with Crippen LogP contribution in [0.15, 0.2) is 30.5 Å². The van der Waals surface area contributed by atoms with Crippen molar-refractivity contribution >= 4 is 17.3 Å². The van der Waals surface area contributed by atoms with Gasteiger partial charge in [0.1, 0.15) is 0 Å². The smallest absolute Gasteiger partial charge is 0.261 e. The standard InChI is InChI=1S/C17H19N3O/c1-11-5-6-16-13(8-11)4-3-7-20(16)17(21)14-10-19-12(2)9-15(14)18/h5-6,8-10H,3-4,7H2,1-2H3,(H2,18,19). The maximum absolute atomic E-state index is 12.8. The molecular weight excluding hydrogens is 262 g/mol. The van der Waals surface area contributed by atoms with E-state index in [2.05, 4.69) is 18.0 Å². The molecule has 108 valence electrons. The third-order valence-corrected chi connectivity index (χ3v) is 3.90. The Kier molecular flexibility index (Phi) is 3.37. The van der Waals surface area contributed by atoms with Gasteiger partial charge < -0.3 is 10.6 Å². The van der Waals surface area contributed by atoms with Gasteiger partial charge in [0, 0.05) is 29.8 Å². The lowest BCUT2D eigenvalue weighted by Crippen LogP contribution is -2.36. The summed E-state index contributed by atoms with van der Waals surface area (Å²) in [5.74, 6) is -0.0650. The lowest BCUT2D eigenvalue weighted by atomic mass is 9.99. The molecule has 21 heavy (non-hydrogen) atoms. The topological polar surface area (TPSA) is 59.2 Å². The van der Waals surface area contributed by atoms with Crippen molar-refractivity contribution in [1.82, 2.24) is 4.98 Å². The van der Waals surface area contributed by atoms with Crippen molar-refractivity contribution in [3.63, 3.8) is 0 Å². The van der Waals surface area contributed by atoms with E-state index in [1.165, 1.54) is 11.1 Å². The highest BCUT2D eigenvalue weighted by atomic mass is 16.2. The summed E-state index contributed by atoms with van der Waals surface area (Å²) in [6, 6.07) is 7.97. The van der Waals surface area contributed by atoms with Gasteiger partial charge in [0.05, 0.1) is 5.56 Å². The van der Waals surface area contributed by atoms with E-state index in [0.717, 1.165) is 30.8 Å². The van der Waals surface area contributed by atoms with Gasteiger partial charge in [0.15, 0.2) is 0 Å². The first-order valence-electron chi connectivity index (χ1n) is 7.20. The summed E-state index contributed by atoms with van der Waals surface area (Å²) in [7, 11) is 0. The number of hydrogen-bond donors (Lipinski definition) is 1. The quantitative estimate of drug-likeness (QED) is 0.874. The molecule has 2 N–H and O–H groups in total. The molecule has 1 aliphatic heterocycles. The number of benzene rings is 1. The van der Waals surface area contributed by atoms with Crippen molar-refractivity contribution < 1.29 is 4.79 Å². The predicted molar refractivity (Wildman–Crippen MR) is 84.6 cm³/mol. The maximum atomic E-state index is 12.8. The number of hydrogen-bond acceptors (Lipinski definition) is 3. The number of rotatable bonds is 1. The minimum atomic E-state index is -0.0650. The molecule has 1 amide bonds. The van der Waals surface area contributed by atoms with Crippen molar-refractivity contribution in [2.45, 2.75) is 26.7 Å². The van der Waals surface area contributed by atoms with Crippen LogP contribution in [0.1, 0.15) is 33.6 Å². The molecular formula is C17H19N3O. The number of aromatic nitrogens is 1. The van der Waals surface area contributed by atoms with Crippen LogP contribution in [-0.4, -0.2) is 17.4 Å². The molecule has 1 aliphatic rings. The van der Waals surface area contributed by atoms with Crippen LogP contribution in [0.4, 0.5) is 11.4 Å². The van der Waals surface area contributed by atoms with Gasteiger partial charge in [-0.3, -0.25) is 9.78 Å². The number of nitrogens with zero attached hydrogens (tertiary/aromatic N) is 2. The molecule has 0 spiro atoms. The molecule has 4 nitrogen and oxygen atoms in total. The number of carbonyl (C=O) groups is 1. The second kappa shape index (κ2) is 5.20. The fourth-order valence-corrected chi connectivity index (χ4v) is 2.84. The summed E-state index contributed by atoms with van der Waals surface area (Å²) in [5, 5.41) is 0. The van der Waals surface area contributed by atoms with E-state index in [1.807, 2.05) is 24.0 Å². The Hall–Kier alpha value is -2.36. The van der Waals surface area contributed by atoms with E-state index in [9.17, 15) is 4.79 Å². The fourth-order valence-electron chi connectivity index (χ4n) is 2.84. The number of nitrogens with two attached hydrogens (primary N) is 1. The molecule has 0 saturated carbocycles. The first-order chi connectivity index (χ1) is 10.1. The number of pyridine rings is 1. The highest BCUT2D eigenvalue weighted by Gasteiger charge is 2.25. The average Bonchev–Trinajstić information content (AvgIpc) is 2.45. The molecule has 0 fully saturated rings. The number of amides is 1. The molecule has 4 heteroatoms. The summed E-state index contributed by atoms with van der Waals surface area (Å²) < 4.78 is 0. The predicted octanol–water partition coefficient (Wildman–Crippen LogP) is 2.87. The molecule has 0 unspecified atom stereocenters. The largest absolute Gasteiger partial charge is 0.398 e. The van der Waals surface area contributed by atoms with Gasteiger partial charge in [-0.25, -0.2) is 0 Å². The lowest BCUT2D eigenvalue weighted by molar-refractivity contribution is 0.0985. The summed E-state index contributed by atoms with van der Waals surface area (Å²) in [4.78, 5) is 18.8. The van der Waals surface area contributed by atoms with Gasteiger partial charge in [-0.15, -0.1) is 0 Å². The highest BCUT2D eigenvalue weighted by Crippen LogP contribution is 2.30. The van der Waals surface area contributed by atoms with Crippen molar-refractivity contribution in [2.75, 3.05) is 17.2 Å².